The Labute approximate surface area is 171 Å². The van der Waals surface area contributed by atoms with Crippen LogP contribution in [0.5, 0.6) is 11.5 Å². The van der Waals surface area contributed by atoms with Crippen LogP contribution in [-0.4, -0.2) is 32.6 Å². The fraction of sp³-hybridized carbons (Fsp3) is 0.571. The SMILES string of the molecule is COc1cc2c(cc1OS(=O)(=O)NC(C)=O)CCC1=C2CC[C@@]2(C)C1CC[C@H]2O. The van der Waals surface area contributed by atoms with Gasteiger partial charge in [0.05, 0.1) is 13.2 Å². The summed E-state index contributed by atoms with van der Waals surface area (Å²) >= 11 is 0. The summed E-state index contributed by atoms with van der Waals surface area (Å²) < 4.78 is 36.3. The number of rotatable bonds is 4. The zero-order chi connectivity index (χ0) is 21.0. The summed E-state index contributed by atoms with van der Waals surface area (Å²) in [5.74, 6) is 0.0596. The third kappa shape index (κ3) is 3.42. The van der Waals surface area contributed by atoms with Crippen LogP contribution in [0.3, 0.4) is 0 Å². The number of fused-ring (bicyclic) bond motifs is 4. The first-order valence-corrected chi connectivity index (χ1v) is 11.4. The Hall–Kier alpha value is -2.06. The summed E-state index contributed by atoms with van der Waals surface area (Å²) in [5, 5.41) is 10.5. The third-order valence-electron chi connectivity index (χ3n) is 6.85. The van der Waals surface area contributed by atoms with E-state index in [0.29, 0.717) is 11.7 Å². The molecule has 8 heteroatoms. The molecule has 0 spiro atoms. The molecular formula is C21H27NO6S. The predicted molar refractivity (Wildman–Crippen MR) is 108 cm³/mol. The number of aliphatic hydroxyl groups is 1. The number of hydrogen-bond acceptors (Lipinski definition) is 6. The van der Waals surface area contributed by atoms with Crippen LogP contribution in [0.25, 0.3) is 5.57 Å². The number of carbonyl (C=O) groups is 1. The first-order valence-electron chi connectivity index (χ1n) is 9.98. The second kappa shape index (κ2) is 7.02. The molecule has 1 aromatic rings. The summed E-state index contributed by atoms with van der Waals surface area (Å²) in [6, 6.07) is 3.55. The maximum atomic E-state index is 12.0. The van der Waals surface area contributed by atoms with Gasteiger partial charge in [0, 0.05) is 12.3 Å². The molecule has 0 saturated heterocycles. The van der Waals surface area contributed by atoms with Gasteiger partial charge in [0.15, 0.2) is 11.5 Å². The quantitative estimate of drug-likeness (QED) is 0.775. The Morgan fingerprint density at radius 1 is 1.21 bits per heavy atom. The van der Waals surface area contributed by atoms with E-state index >= 15 is 0 Å². The lowest BCUT2D eigenvalue weighted by Crippen LogP contribution is -2.37. The summed E-state index contributed by atoms with van der Waals surface area (Å²) in [6.45, 7) is 3.31. The van der Waals surface area contributed by atoms with Crippen molar-refractivity contribution in [2.24, 2.45) is 11.3 Å². The third-order valence-corrected chi connectivity index (χ3v) is 7.79. The van der Waals surface area contributed by atoms with E-state index in [4.69, 9.17) is 8.92 Å². The first-order chi connectivity index (χ1) is 13.6. The molecule has 1 unspecified atom stereocenters. The lowest BCUT2D eigenvalue weighted by Gasteiger charge is -2.43. The lowest BCUT2D eigenvalue weighted by atomic mass is 9.62. The average Bonchev–Trinajstić information content (AvgIpc) is 2.94. The van der Waals surface area contributed by atoms with E-state index in [2.05, 4.69) is 6.92 Å². The highest BCUT2D eigenvalue weighted by molar-refractivity contribution is 7.85. The van der Waals surface area contributed by atoms with Gasteiger partial charge < -0.3 is 14.0 Å². The molecule has 4 rings (SSSR count). The summed E-state index contributed by atoms with van der Waals surface area (Å²) in [4.78, 5) is 11.1. The highest BCUT2D eigenvalue weighted by Gasteiger charge is 2.50. The van der Waals surface area contributed by atoms with E-state index in [1.165, 1.54) is 18.3 Å². The zero-order valence-electron chi connectivity index (χ0n) is 16.9. The standard InChI is InChI=1S/C21H27NO6S/c1-12(23)22-29(25,26)28-19-10-13-4-5-15-14(16(13)11-18(19)27-3)8-9-21(2)17(15)6-7-20(21)24/h10-11,17,20,24H,4-9H2,1-3H3,(H,22,23)/t17?,20-,21+/m1/s1. The smallest absolute Gasteiger partial charge is 0.409 e. The summed E-state index contributed by atoms with van der Waals surface area (Å²) in [5.41, 5.74) is 4.79. The van der Waals surface area contributed by atoms with Gasteiger partial charge in [0.2, 0.25) is 5.91 Å². The second-order valence-corrected chi connectivity index (χ2v) is 9.79. The average molecular weight is 422 g/mol. The largest absolute Gasteiger partial charge is 0.493 e. The van der Waals surface area contributed by atoms with Gasteiger partial charge in [-0.15, -0.1) is 0 Å². The number of aryl methyl sites for hydroxylation is 1. The Morgan fingerprint density at radius 2 is 1.97 bits per heavy atom. The molecular weight excluding hydrogens is 394 g/mol. The van der Waals surface area contributed by atoms with Crippen LogP contribution in [0.2, 0.25) is 0 Å². The van der Waals surface area contributed by atoms with Crippen molar-refractivity contribution in [1.29, 1.82) is 0 Å². The Bertz CT molecular complexity index is 999. The lowest BCUT2D eigenvalue weighted by molar-refractivity contribution is -0.117. The number of aliphatic hydroxyl groups excluding tert-OH is 1. The molecule has 2 N–H and O–H groups in total. The van der Waals surface area contributed by atoms with Crippen molar-refractivity contribution < 1.29 is 27.2 Å². The molecule has 3 aliphatic carbocycles. The molecule has 0 radical (unpaired) electrons. The van der Waals surface area contributed by atoms with Gasteiger partial charge in [0.25, 0.3) is 0 Å². The van der Waals surface area contributed by atoms with Gasteiger partial charge >= 0.3 is 10.3 Å². The van der Waals surface area contributed by atoms with Crippen LogP contribution in [-0.2, 0) is 21.5 Å². The van der Waals surface area contributed by atoms with Crippen molar-refractivity contribution in [3.8, 4) is 11.5 Å². The molecule has 158 valence electrons. The minimum absolute atomic E-state index is 0.0457. The summed E-state index contributed by atoms with van der Waals surface area (Å²) in [6.07, 6.45) is 5.12. The van der Waals surface area contributed by atoms with Crippen molar-refractivity contribution in [3.63, 3.8) is 0 Å². The molecule has 3 atom stereocenters. The van der Waals surface area contributed by atoms with Crippen LogP contribution in [0.4, 0.5) is 0 Å². The highest BCUT2D eigenvalue weighted by Crippen LogP contribution is 2.58. The van der Waals surface area contributed by atoms with E-state index in [0.717, 1.165) is 56.6 Å². The van der Waals surface area contributed by atoms with Gasteiger partial charge in [-0.25, -0.2) is 4.72 Å². The monoisotopic (exact) mass is 421 g/mol. The molecule has 0 aliphatic heterocycles. The van der Waals surface area contributed by atoms with E-state index in [-0.39, 0.29) is 17.3 Å². The fourth-order valence-electron chi connectivity index (χ4n) is 5.43. The van der Waals surface area contributed by atoms with E-state index in [1.807, 2.05) is 6.07 Å². The van der Waals surface area contributed by atoms with Crippen molar-refractivity contribution in [1.82, 2.24) is 4.72 Å². The number of amides is 1. The van der Waals surface area contributed by atoms with Crippen molar-refractivity contribution in [2.45, 2.75) is 58.5 Å². The number of allylic oxidation sites excluding steroid dienone is 2. The topological polar surface area (TPSA) is 102 Å². The molecule has 0 aromatic heterocycles. The van der Waals surface area contributed by atoms with Gasteiger partial charge in [-0.3, -0.25) is 4.79 Å². The van der Waals surface area contributed by atoms with Gasteiger partial charge in [-0.2, -0.15) is 8.42 Å². The fourth-order valence-corrected chi connectivity index (χ4v) is 6.19. The van der Waals surface area contributed by atoms with Gasteiger partial charge in [-0.05, 0) is 73.3 Å². The normalized spacial score (nSPS) is 28.3. The van der Waals surface area contributed by atoms with E-state index < -0.39 is 16.2 Å². The van der Waals surface area contributed by atoms with Crippen LogP contribution in [0.1, 0.15) is 57.1 Å². The molecule has 29 heavy (non-hydrogen) atoms. The molecule has 1 aromatic carbocycles. The number of methoxy groups -OCH3 is 1. The number of benzene rings is 1. The van der Waals surface area contributed by atoms with Crippen LogP contribution in [0, 0.1) is 11.3 Å². The van der Waals surface area contributed by atoms with Crippen LogP contribution >= 0.6 is 0 Å². The second-order valence-electron chi connectivity index (χ2n) is 8.51. The molecule has 3 aliphatic rings. The van der Waals surface area contributed by atoms with Crippen LogP contribution < -0.4 is 13.6 Å². The van der Waals surface area contributed by atoms with Gasteiger partial charge in [0.1, 0.15) is 0 Å². The molecule has 0 bridgehead atoms. The number of ether oxygens (including phenoxy) is 1. The van der Waals surface area contributed by atoms with Crippen molar-refractivity contribution in [2.75, 3.05) is 7.11 Å². The zero-order valence-corrected chi connectivity index (χ0v) is 17.8. The molecule has 1 saturated carbocycles. The van der Waals surface area contributed by atoms with Crippen molar-refractivity contribution in [3.05, 3.63) is 28.8 Å². The number of hydrogen-bond donors (Lipinski definition) is 2. The Morgan fingerprint density at radius 3 is 2.66 bits per heavy atom. The van der Waals surface area contributed by atoms with Crippen LogP contribution in [0.15, 0.2) is 17.7 Å². The molecule has 0 heterocycles. The van der Waals surface area contributed by atoms with Gasteiger partial charge in [-0.1, -0.05) is 12.5 Å². The minimum Gasteiger partial charge on any atom is -0.493 e. The number of carbonyl (C=O) groups excluding carboxylic acids is 1. The van der Waals surface area contributed by atoms with E-state index in [1.54, 1.807) is 10.8 Å². The Kier molecular flexibility index (Phi) is 4.90. The maximum absolute atomic E-state index is 12.0. The Balaban J connectivity index is 1.73. The summed E-state index contributed by atoms with van der Waals surface area (Å²) in [7, 11) is -2.80. The molecule has 1 fully saturated rings. The van der Waals surface area contributed by atoms with Crippen molar-refractivity contribution >= 4 is 21.8 Å². The predicted octanol–water partition coefficient (Wildman–Crippen LogP) is 2.73. The first kappa shape index (κ1) is 20.2. The maximum Gasteiger partial charge on any atom is 0.409 e. The number of nitrogens with one attached hydrogen (secondary N) is 1. The highest BCUT2D eigenvalue weighted by atomic mass is 32.2. The molecule has 7 nitrogen and oxygen atoms in total. The minimum atomic E-state index is -4.26. The van der Waals surface area contributed by atoms with E-state index in [9.17, 15) is 18.3 Å². The molecule has 1 amide bonds.